The van der Waals surface area contributed by atoms with E-state index in [-0.39, 0.29) is 16.7 Å². The van der Waals surface area contributed by atoms with Crippen molar-refractivity contribution in [2.75, 3.05) is 7.11 Å². The van der Waals surface area contributed by atoms with Gasteiger partial charge in [-0.15, -0.1) is 0 Å². The topological polar surface area (TPSA) is 72.5 Å². The normalized spacial score (nSPS) is 11.9. The van der Waals surface area contributed by atoms with Crippen LogP contribution in [0.2, 0.25) is 18.1 Å². The highest BCUT2D eigenvalue weighted by Gasteiger charge is 2.40. The van der Waals surface area contributed by atoms with Gasteiger partial charge in [0, 0.05) is 17.0 Å². The third-order valence-electron chi connectivity index (χ3n) is 7.58. The van der Waals surface area contributed by atoms with Crippen LogP contribution in [0.1, 0.15) is 49.1 Å². The maximum atomic E-state index is 13.4. The van der Waals surface area contributed by atoms with Crippen molar-refractivity contribution in [3.8, 4) is 17.6 Å². The van der Waals surface area contributed by atoms with Crippen LogP contribution in [0.5, 0.6) is 11.5 Å². The Morgan fingerprint density at radius 2 is 1.50 bits per heavy atom. The summed E-state index contributed by atoms with van der Waals surface area (Å²) in [5.41, 5.74) is 2.40. The van der Waals surface area contributed by atoms with E-state index in [1.54, 1.807) is 13.2 Å². The molecule has 0 saturated carbocycles. The molecule has 0 fully saturated rings. The Balaban J connectivity index is 2.00. The zero-order chi connectivity index (χ0) is 27.5. The molecule has 0 aliphatic carbocycles. The second kappa shape index (κ2) is 10.9. The van der Waals surface area contributed by atoms with Crippen LogP contribution < -0.4 is 14.8 Å². The summed E-state index contributed by atoms with van der Waals surface area (Å²) in [4.78, 5) is 13.4. The minimum absolute atomic E-state index is 0.0332. The van der Waals surface area contributed by atoms with E-state index in [0.29, 0.717) is 40.7 Å². The highest BCUT2D eigenvalue weighted by atomic mass is 28.4. The molecule has 0 N–H and O–H groups in total. The SMILES string of the molecule is COc1cc(O[Si](C)(C)C(C)(C)C)c2c(=O)oc(C#N)c(C(Cc3ccccc3)Cc3ccccc3)c2c1. The van der Waals surface area contributed by atoms with Crippen molar-refractivity contribution >= 4 is 19.1 Å². The van der Waals surface area contributed by atoms with Crippen LogP contribution in [-0.2, 0) is 12.8 Å². The number of rotatable bonds is 8. The Bertz CT molecular complexity index is 1470. The van der Waals surface area contributed by atoms with Gasteiger partial charge in [0.05, 0.1) is 7.11 Å². The molecule has 1 aromatic heterocycles. The number of hydrogen-bond donors (Lipinski definition) is 0. The van der Waals surface area contributed by atoms with Gasteiger partial charge in [-0.25, -0.2) is 4.79 Å². The molecule has 0 aliphatic heterocycles. The quantitative estimate of drug-likeness (QED) is 0.221. The van der Waals surface area contributed by atoms with Crippen molar-refractivity contribution in [2.45, 2.75) is 57.7 Å². The summed E-state index contributed by atoms with van der Waals surface area (Å²) in [6, 6.07) is 26.1. The van der Waals surface area contributed by atoms with E-state index in [2.05, 4.69) is 64.2 Å². The summed E-state index contributed by atoms with van der Waals surface area (Å²) in [5, 5.41) is 11.1. The molecule has 0 atom stereocenters. The lowest BCUT2D eigenvalue weighted by Crippen LogP contribution is -2.44. The molecule has 0 amide bonds. The number of benzene rings is 3. The zero-order valence-corrected chi connectivity index (χ0v) is 24.0. The molecule has 196 valence electrons. The van der Waals surface area contributed by atoms with Crippen molar-refractivity contribution in [2.24, 2.45) is 0 Å². The van der Waals surface area contributed by atoms with Gasteiger partial charge in [0.25, 0.3) is 8.32 Å². The number of methoxy groups -OCH3 is 1. The molecule has 6 heteroatoms. The standard InChI is InChI=1S/C32H35NO4Si/c1-32(2,3)38(5,6)37-27-20-25(35-4)19-26-29(28(21-33)36-31(34)30(26)27)24(17-22-13-9-7-10-14-22)18-23-15-11-8-12-16-23/h7-16,19-20,24H,17-18H2,1-6H3. The average Bonchev–Trinajstić information content (AvgIpc) is 2.88. The Hall–Kier alpha value is -3.82. The van der Waals surface area contributed by atoms with Crippen molar-refractivity contribution in [3.05, 3.63) is 106 Å². The summed E-state index contributed by atoms with van der Waals surface area (Å²) in [6.45, 7) is 10.7. The smallest absolute Gasteiger partial charge is 0.348 e. The second-order valence-corrected chi connectivity index (χ2v) is 16.0. The molecule has 38 heavy (non-hydrogen) atoms. The molecule has 4 aromatic rings. The van der Waals surface area contributed by atoms with Gasteiger partial charge in [0.2, 0.25) is 5.76 Å². The number of ether oxygens (including phenoxy) is 1. The predicted molar refractivity (Wildman–Crippen MR) is 155 cm³/mol. The largest absolute Gasteiger partial charge is 0.543 e. The van der Waals surface area contributed by atoms with Crippen LogP contribution in [-0.4, -0.2) is 15.4 Å². The highest BCUT2D eigenvalue weighted by molar-refractivity contribution is 6.74. The molecular formula is C32H35NO4Si. The average molecular weight is 526 g/mol. The molecule has 3 aromatic carbocycles. The van der Waals surface area contributed by atoms with Crippen molar-refractivity contribution in [3.63, 3.8) is 0 Å². The van der Waals surface area contributed by atoms with Gasteiger partial charge in [-0.1, -0.05) is 81.4 Å². The summed E-state index contributed by atoms with van der Waals surface area (Å²) in [5.74, 6) is 0.920. The molecule has 4 rings (SSSR count). The van der Waals surface area contributed by atoms with Gasteiger partial charge in [-0.2, -0.15) is 5.26 Å². The lowest BCUT2D eigenvalue weighted by molar-refractivity contribution is 0.411. The monoisotopic (exact) mass is 525 g/mol. The first-order valence-electron chi connectivity index (χ1n) is 12.9. The number of nitrogens with zero attached hydrogens (tertiary/aromatic N) is 1. The van der Waals surface area contributed by atoms with E-state index in [1.807, 2.05) is 42.5 Å². The Labute approximate surface area is 225 Å². The van der Waals surface area contributed by atoms with Gasteiger partial charge < -0.3 is 13.6 Å². The molecule has 0 radical (unpaired) electrons. The first kappa shape index (κ1) is 27.2. The first-order valence-corrected chi connectivity index (χ1v) is 15.8. The van der Waals surface area contributed by atoms with Crippen LogP contribution in [0.15, 0.2) is 82.0 Å². The fourth-order valence-corrected chi connectivity index (χ4v) is 5.54. The minimum atomic E-state index is -2.31. The molecule has 0 saturated heterocycles. The van der Waals surface area contributed by atoms with Crippen LogP contribution in [0.25, 0.3) is 10.8 Å². The summed E-state index contributed by atoms with van der Waals surface area (Å²) >= 11 is 0. The van der Waals surface area contributed by atoms with E-state index >= 15 is 0 Å². The molecular weight excluding hydrogens is 490 g/mol. The van der Waals surface area contributed by atoms with Gasteiger partial charge in [-0.3, -0.25) is 0 Å². The Morgan fingerprint density at radius 1 is 0.947 bits per heavy atom. The van der Waals surface area contributed by atoms with Gasteiger partial charge in [0.1, 0.15) is 23.0 Å². The molecule has 0 bridgehead atoms. The molecule has 0 aliphatic rings. The second-order valence-electron chi connectivity index (χ2n) is 11.2. The van der Waals surface area contributed by atoms with Gasteiger partial charge in [-0.05, 0) is 54.1 Å². The fourth-order valence-electron chi connectivity index (χ4n) is 4.52. The zero-order valence-electron chi connectivity index (χ0n) is 23.0. The Morgan fingerprint density at radius 3 is 1.97 bits per heavy atom. The van der Waals surface area contributed by atoms with E-state index in [0.717, 1.165) is 11.1 Å². The molecule has 0 unspecified atom stereocenters. The third kappa shape index (κ3) is 5.68. The van der Waals surface area contributed by atoms with E-state index in [4.69, 9.17) is 13.6 Å². The molecule has 5 nitrogen and oxygen atoms in total. The Kier molecular flexibility index (Phi) is 7.80. The van der Waals surface area contributed by atoms with E-state index < -0.39 is 13.9 Å². The maximum Gasteiger partial charge on any atom is 0.348 e. The van der Waals surface area contributed by atoms with Crippen LogP contribution in [0.4, 0.5) is 0 Å². The third-order valence-corrected chi connectivity index (χ3v) is 11.9. The summed E-state index contributed by atoms with van der Waals surface area (Å²) in [6.07, 6.45) is 1.34. The van der Waals surface area contributed by atoms with Crippen molar-refractivity contribution in [1.29, 1.82) is 5.26 Å². The van der Waals surface area contributed by atoms with E-state index in [1.165, 1.54) is 0 Å². The molecule has 1 heterocycles. The lowest BCUT2D eigenvalue weighted by atomic mass is 9.84. The molecule has 0 spiro atoms. The van der Waals surface area contributed by atoms with Crippen LogP contribution in [0.3, 0.4) is 0 Å². The van der Waals surface area contributed by atoms with Crippen molar-refractivity contribution < 1.29 is 13.6 Å². The number of hydrogen-bond acceptors (Lipinski definition) is 5. The predicted octanol–water partition coefficient (Wildman–Crippen LogP) is 7.63. The van der Waals surface area contributed by atoms with Crippen LogP contribution in [0, 0.1) is 11.3 Å². The highest BCUT2D eigenvalue weighted by Crippen LogP contribution is 2.42. The minimum Gasteiger partial charge on any atom is -0.543 e. The summed E-state index contributed by atoms with van der Waals surface area (Å²) < 4.78 is 18.1. The van der Waals surface area contributed by atoms with Crippen LogP contribution >= 0.6 is 0 Å². The lowest BCUT2D eigenvalue weighted by Gasteiger charge is -2.36. The summed E-state index contributed by atoms with van der Waals surface area (Å²) in [7, 11) is -0.715. The van der Waals surface area contributed by atoms with Gasteiger partial charge >= 0.3 is 5.63 Å². The van der Waals surface area contributed by atoms with Crippen molar-refractivity contribution in [1.82, 2.24) is 0 Å². The number of nitriles is 1. The first-order chi connectivity index (χ1) is 18.0. The fraction of sp³-hybridized carbons (Fsp3) is 0.312. The number of fused-ring (bicyclic) bond motifs is 1. The van der Waals surface area contributed by atoms with E-state index in [9.17, 15) is 10.1 Å². The van der Waals surface area contributed by atoms with Gasteiger partial charge in [0.15, 0.2) is 0 Å². The maximum absolute atomic E-state index is 13.4.